The van der Waals surface area contributed by atoms with Gasteiger partial charge in [-0.05, 0) is 73.6 Å². The van der Waals surface area contributed by atoms with Gasteiger partial charge in [-0.1, -0.05) is 152 Å². The summed E-state index contributed by atoms with van der Waals surface area (Å²) in [5, 5.41) is 62.0. The molecule has 24 N–H and O–H groups in total. The van der Waals surface area contributed by atoms with Crippen LogP contribution in [0.15, 0.2) is 78.3 Å². The van der Waals surface area contributed by atoms with Gasteiger partial charge in [-0.25, -0.2) is 4.98 Å². The average molecular weight is 1710 g/mol. The highest BCUT2D eigenvalue weighted by Gasteiger charge is 2.44. The minimum Gasteiger partial charge on any atom is -0.394 e. The second-order valence-corrected chi connectivity index (χ2v) is 32.8. The van der Waals surface area contributed by atoms with Crippen LogP contribution < -0.4 is 81.4 Å². The highest BCUT2D eigenvalue weighted by atomic mass is 32.2. The smallest absolute Gasteiger partial charge is 0.245 e. The lowest BCUT2D eigenvalue weighted by Gasteiger charge is -2.31. The third-order valence-corrected chi connectivity index (χ3v) is 23.0. The number of aromatic nitrogens is 3. The Morgan fingerprint density at radius 2 is 1.14 bits per heavy atom. The molecule has 2 aliphatic rings. The number of nitrogens with two attached hydrogens (primary N) is 4. The molecule has 14 amide bonds. The number of hydrogen-bond acceptors (Lipinski definition) is 21. The van der Waals surface area contributed by atoms with E-state index in [4.69, 9.17) is 22.9 Å². The number of benzene rings is 2. The minimum absolute atomic E-state index is 0.0124. The molecule has 662 valence electrons. The molecule has 120 heavy (non-hydrogen) atoms. The number of amides is 14. The molecule has 2 aromatic heterocycles. The molecule has 0 saturated carbocycles. The van der Waals surface area contributed by atoms with Gasteiger partial charge in [-0.2, -0.15) is 23.5 Å². The molecule has 2 aliphatic heterocycles. The fourth-order valence-corrected chi connectivity index (χ4v) is 16.1. The fourth-order valence-electron chi connectivity index (χ4n) is 13.9. The molecule has 2 fully saturated rings. The van der Waals surface area contributed by atoms with Crippen molar-refractivity contribution < 1.29 is 82.4 Å². The quantitative estimate of drug-likeness (QED) is 0.0151. The number of fused-ring (bicyclic) bond motifs is 2. The second-order valence-electron chi connectivity index (χ2n) is 30.2. The van der Waals surface area contributed by atoms with Gasteiger partial charge in [0.15, 0.2) is 5.96 Å². The van der Waals surface area contributed by atoms with E-state index in [9.17, 15) is 77.6 Å². The molecule has 37 nitrogen and oxygen atoms in total. The molecule has 0 unspecified atom stereocenters. The number of H-pyrrole nitrogens is 2. The maximum Gasteiger partial charge on any atom is 0.245 e. The van der Waals surface area contributed by atoms with Crippen LogP contribution in [0, 0.1) is 0 Å². The van der Waals surface area contributed by atoms with Gasteiger partial charge in [-0.3, -0.25) is 72.1 Å². The zero-order valence-electron chi connectivity index (χ0n) is 68.6. The molecule has 2 aromatic carbocycles. The molecule has 12 atom stereocenters. The first-order valence-corrected chi connectivity index (χ1v) is 43.9. The second kappa shape index (κ2) is 54.0. The average Bonchev–Trinajstić information content (AvgIpc) is 1.65. The number of thioether (sulfide) groups is 2. The van der Waals surface area contributed by atoms with Crippen LogP contribution >= 0.6 is 23.5 Å². The number of carbonyl (C=O) groups excluding carboxylic acids is 14. The van der Waals surface area contributed by atoms with Crippen LogP contribution in [0.2, 0.25) is 0 Å². The van der Waals surface area contributed by atoms with E-state index in [0.717, 1.165) is 41.5 Å². The number of aliphatic hydroxyl groups excluding tert-OH is 3. The normalized spacial score (nSPS) is 19.7. The van der Waals surface area contributed by atoms with E-state index in [2.05, 4.69) is 85.4 Å². The van der Waals surface area contributed by atoms with Crippen LogP contribution in [0.5, 0.6) is 0 Å². The van der Waals surface area contributed by atoms with Gasteiger partial charge in [0.25, 0.3) is 0 Å². The molecule has 0 aliphatic carbocycles. The molecule has 0 radical (unpaired) electrons. The van der Waals surface area contributed by atoms with Gasteiger partial charge < -0.3 is 112 Å². The molecule has 2 saturated heterocycles. The van der Waals surface area contributed by atoms with Crippen molar-refractivity contribution in [1.29, 1.82) is 0 Å². The lowest BCUT2D eigenvalue weighted by Crippen LogP contribution is -2.61. The van der Waals surface area contributed by atoms with Crippen LogP contribution in [0.1, 0.15) is 185 Å². The van der Waals surface area contributed by atoms with E-state index in [0.29, 0.717) is 35.5 Å². The summed E-state index contributed by atoms with van der Waals surface area (Å²) in [5.41, 5.74) is 24.8. The van der Waals surface area contributed by atoms with Crippen LogP contribution in [-0.2, 0) is 86.4 Å². The third kappa shape index (κ3) is 35.1. The molecule has 4 heterocycles. The van der Waals surface area contributed by atoms with Crippen LogP contribution in [0.4, 0.5) is 0 Å². The topological polar surface area (TPSA) is 596 Å². The van der Waals surface area contributed by atoms with E-state index >= 15 is 4.79 Å². The van der Waals surface area contributed by atoms with Crippen molar-refractivity contribution in [1.82, 2.24) is 78.3 Å². The van der Waals surface area contributed by atoms with Crippen molar-refractivity contribution in [3.63, 3.8) is 0 Å². The standard InChI is InChI=1S/C81H124N20O17S2/c1-3-5-7-8-9-10-11-12-13-14-15-16-20-30-68(106)89-44-69(107)91-64(46-102)77(115)95-59(31-32-67(82)105)73(111)98-63(40-52-43-86-48-90-52)76(114)100-65(47-103)78(116)94-57(27-6-4-2)71(109)96-60-34-37-120-49-119-36-33-56(70(83)108)92-75(113)62(39-51-42-88-55-28-22-21-26-54(51)55)97-72(110)58(29-23-35-87-81(84)85)93-74(112)61(38-50-24-18-17-19-25-50)99-79(117)66-41-53(104)45-101(66)80(60)118/h17-19,21-22,24-26,28,42-43,48,53,56-66,88,102-104H,3-16,20,23,27,29-41,44-47,49H2,1-2H3,(H2,82,105)(H2,83,108)(H,86,90)(H,89,106)(H,91,107)(H,92,113)(H,93,112)(H,94,116)(H,95,115)(H,96,109)(H,97,110)(H,98,111)(H,99,117)(H,100,114)(H4,84,85,87)/t53-,56+,57+,58+,59-,60+,61-,62+,63+,64+,65+,66+/m1/s1. The zero-order chi connectivity index (χ0) is 87.3. The number of hydrogen-bond donors (Lipinski definition) is 20. The lowest BCUT2D eigenvalue weighted by molar-refractivity contribution is -0.142. The number of aliphatic imine (C=N–C) groups is 1. The van der Waals surface area contributed by atoms with Crippen molar-refractivity contribution in [3.05, 3.63) is 90.1 Å². The maximum absolute atomic E-state index is 15.3. The fraction of sp³-hybridized carbons (Fsp3) is 0.605. The number of carbonyl (C=O) groups is 14. The van der Waals surface area contributed by atoms with E-state index < -0.39 is 194 Å². The van der Waals surface area contributed by atoms with Crippen molar-refractivity contribution in [2.45, 2.75) is 260 Å². The van der Waals surface area contributed by atoms with Crippen LogP contribution in [0.3, 0.4) is 0 Å². The highest BCUT2D eigenvalue weighted by Crippen LogP contribution is 2.25. The van der Waals surface area contributed by atoms with Crippen molar-refractivity contribution >= 4 is 123 Å². The summed E-state index contributed by atoms with van der Waals surface area (Å²) in [4.78, 5) is 212. The Hall–Kier alpha value is -10.4. The number of nitrogens with one attached hydrogen (secondary N) is 13. The first-order valence-electron chi connectivity index (χ1n) is 41.6. The summed E-state index contributed by atoms with van der Waals surface area (Å²) >= 11 is 2.67. The van der Waals surface area contributed by atoms with Crippen LogP contribution in [-0.4, -0.2) is 246 Å². The largest absolute Gasteiger partial charge is 0.394 e. The molecular formula is C81H124N20O17S2. The summed E-state index contributed by atoms with van der Waals surface area (Å²) in [5.74, 6) is -12.4. The Bertz CT molecular complexity index is 3990. The summed E-state index contributed by atoms with van der Waals surface area (Å²) in [6.07, 6.45) is 16.5. The molecule has 4 aromatic rings. The monoisotopic (exact) mass is 1710 g/mol. The Kier molecular flexibility index (Phi) is 44.3. The van der Waals surface area contributed by atoms with Gasteiger partial charge in [0.1, 0.15) is 66.5 Å². The van der Waals surface area contributed by atoms with Gasteiger partial charge in [0, 0.05) is 85.7 Å². The van der Waals surface area contributed by atoms with E-state index in [-0.39, 0.29) is 93.9 Å². The summed E-state index contributed by atoms with van der Waals surface area (Å²) in [7, 11) is 0. The van der Waals surface area contributed by atoms with Gasteiger partial charge in [0.05, 0.1) is 32.2 Å². The number of nitrogens with zero attached hydrogens (tertiary/aromatic N) is 3. The summed E-state index contributed by atoms with van der Waals surface area (Å²) in [6, 6.07) is -0.979. The predicted octanol–water partition coefficient (Wildman–Crippen LogP) is -0.477. The maximum atomic E-state index is 15.3. The molecule has 39 heteroatoms. The van der Waals surface area contributed by atoms with Gasteiger partial charge >= 0.3 is 0 Å². The number of imidazole rings is 1. The number of guanidine groups is 1. The SMILES string of the molecule is CCCCCCCCCCCCCCCC(=O)NCC(=O)N[C@@H](CO)C(=O)N[C@H](CCC(N)=O)C(=O)N[C@@H](Cc1cnc[nH]1)C(=O)N[C@@H](CO)C(=O)N[C@@H](CCCC)C(=O)N[C@H]1CCSCSCC[C@@H](C(N)=O)NC(=O)[C@H](Cc2c[nH]c3ccccc23)NC(=O)[C@H](CCCN=C(N)N)NC(=O)[C@@H](Cc2ccccc2)NC(=O)[C@@H]2C[C@@H](O)CN2C1=O. The van der Waals surface area contributed by atoms with Crippen molar-refractivity contribution in [2.75, 3.05) is 49.4 Å². The van der Waals surface area contributed by atoms with E-state index in [1.807, 2.05) is 18.2 Å². The molecule has 0 bridgehead atoms. The Morgan fingerprint density at radius 3 is 1.77 bits per heavy atom. The third-order valence-electron chi connectivity index (χ3n) is 20.6. The van der Waals surface area contributed by atoms with E-state index in [1.54, 1.807) is 49.5 Å². The van der Waals surface area contributed by atoms with Gasteiger partial charge in [0.2, 0.25) is 82.7 Å². The number of aromatic amines is 2. The summed E-state index contributed by atoms with van der Waals surface area (Å²) in [6.45, 7) is 0.988. The molecule has 0 spiro atoms. The zero-order valence-corrected chi connectivity index (χ0v) is 70.3. The number of aliphatic hydroxyl groups is 3. The van der Waals surface area contributed by atoms with Crippen molar-refractivity contribution in [2.24, 2.45) is 27.9 Å². The van der Waals surface area contributed by atoms with Gasteiger partial charge in [-0.15, -0.1) is 0 Å². The Labute approximate surface area is 707 Å². The van der Waals surface area contributed by atoms with Crippen molar-refractivity contribution in [3.8, 4) is 0 Å². The Morgan fingerprint density at radius 1 is 0.583 bits per heavy atom. The molecular weight excluding hydrogens is 1590 g/mol. The number of primary amides is 2. The first-order chi connectivity index (χ1) is 57.7. The lowest BCUT2D eigenvalue weighted by atomic mass is 10.0. The summed E-state index contributed by atoms with van der Waals surface area (Å²) < 4.78 is 0. The Balaban J connectivity index is 1.18. The minimum atomic E-state index is -1.85. The number of unbranched alkanes of at least 4 members (excludes halogenated alkanes) is 13. The highest BCUT2D eigenvalue weighted by molar-refractivity contribution is 8.15. The van der Waals surface area contributed by atoms with Crippen LogP contribution in [0.25, 0.3) is 10.9 Å². The predicted molar refractivity (Wildman–Crippen MR) is 453 cm³/mol. The van der Waals surface area contributed by atoms with E-state index in [1.165, 1.54) is 87.4 Å². The number of rotatable bonds is 46. The molecule has 6 rings (SSSR count). The number of para-hydroxylation sites is 1. The first kappa shape index (κ1) is 98.4.